The first kappa shape index (κ1) is 23.6. The molecular formula is C21H37N5. The normalized spacial score (nSPS) is 10.2. The second-order valence-corrected chi connectivity index (χ2v) is 6.30. The summed E-state index contributed by atoms with van der Waals surface area (Å²) in [6.45, 7) is 17.2. The summed E-state index contributed by atoms with van der Waals surface area (Å²) in [6.07, 6.45) is 4.23. The highest BCUT2D eigenvalue weighted by molar-refractivity contribution is 5.65. The van der Waals surface area contributed by atoms with Crippen molar-refractivity contribution < 1.29 is 0 Å². The maximum absolute atomic E-state index is 5.81. The molecule has 26 heavy (non-hydrogen) atoms. The van der Waals surface area contributed by atoms with Gasteiger partial charge >= 0.3 is 0 Å². The Morgan fingerprint density at radius 2 is 1.73 bits per heavy atom. The van der Waals surface area contributed by atoms with E-state index in [2.05, 4.69) is 41.3 Å². The van der Waals surface area contributed by atoms with Crippen molar-refractivity contribution in [3.63, 3.8) is 0 Å². The summed E-state index contributed by atoms with van der Waals surface area (Å²) in [7, 11) is 0. The van der Waals surface area contributed by atoms with Gasteiger partial charge in [-0.15, -0.1) is 0 Å². The molecular weight excluding hydrogens is 322 g/mol. The van der Waals surface area contributed by atoms with Crippen molar-refractivity contribution >= 4 is 23.4 Å². The quantitative estimate of drug-likeness (QED) is 0.595. The lowest BCUT2D eigenvalue weighted by atomic mass is 10.2. The predicted molar refractivity (Wildman–Crippen MR) is 117 cm³/mol. The zero-order chi connectivity index (χ0) is 20.3. The monoisotopic (exact) mass is 359 g/mol. The Bertz CT molecular complexity index is 684. The Balaban J connectivity index is 0.000000439. The van der Waals surface area contributed by atoms with Crippen LogP contribution in [0.2, 0.25) is 0 Å². The van der Waals surface area contributed by atoms with Crippen molar-refractivity contribution in [1.29, 1.82) is 0 Å². The molecule has 0 aliphatic carbocycles. The van der Waals surface area contributed by atoms with Crippen LogP contribution in [0.1, 0.15) is 57.1 Å². The molecule has 2 aromatic heterocycles. The number of anilines is 3. The van der Waals surface area contributed by atoms with Crippen LogP contribution in [0, 0.1) is 26.7 Å². The molecule has 0 fully saturated rings. The second kappa shape index (κ2) is 12.0. The smallest absolute Gasteiger partial charge is 0.149 e. The average molecular weight is 360 g/mol. The molecule has 0 spiro atoms. The van der Waals surface area contributed by atoms with E-state index in [1.165, 1.54) is 5.56 Å². The van der Waals surface area contributed by atoms with Gasteiger partial charge in [0.15, 0.2) is 0 Å². The fourth-order valence-corrected chi connectivity index (χ4v) is 2.21. The molecule has 0 aromatic carbocycles. The van der Waals surface area contributed by atoms with Crippen LogP contribution in [0.15, 0.2) is 18.2 Å². The molecule has 0 unspecified atom stereocenters. The van der Waals surface area contributed by atoms with Gasteiger partial charge in [0.05, 0.1) is 5.69 Å². The van der Waals surface area contributed by atoms with E-state index < -0.39 is 0 Å². The molecule has 146 valence electrons. The van der Waals surface area contributed by atoms with Crippen molar-refractivity contribution in [2.24, 2.45) is 5.92 Å². The number of nitrogens with zero attached hydrogens (tertiary/aromatic N) is 1. The SMILES string of the molecule is CC.CCNc1nc(C)cc(C)c1N.Cc1cc(N)[nH]c1/C=C\C(C)C. The van der Waals surface area contributed by atoms with Gasteiger partial charge < -0.3 is 21.8 Å². The van der Waals surface area contributed by atoms with E-state index in [-0.39, 0.29) is 0 Å². The van der Waals surface area contributed by atoms with Crippen LogP contribution in [0.25, 0.3) is 6.08 Å². The number of nitrogens with one attached hydrogen (secondary N) is 2. The number of nitrogens with two attached hydrogens (primary N) is 2. The van der Waals surface area contributed by atoms with E-state index in [1.807, 2.05) is 53.7 Å². The summed E-state index contributed by atoms with van der Waals surface area (Å²) in [5, 5.41) is 3.12. The summed E-state index contributed by atoms with van der Waals surface area (Å²) < 4.78 is 0. The van der Waals surface area contributed by atoms with Crippen LogP contribution in [-0.2, 0) is 0 Å². The molecule has 6 N–H and O–H groups in total. The predicted octanol–water partition coefficient (Wildman–Crippen LogP) is 5.31. The Morgan fingerprint density at radius 1 is 1.12 bits per heavy atom. The van der Waals surface area contributed by atoms with E-state index in [9.17, 15) is 0 Å². The van der Waals surface area contributed by atoms with Crippen molar-refractivity contribution in [2.45, 2.75) is 55.4 Å². The third kappa shape index (κ3) is 8.10. The van der Waals surface area contributed by atoms with Gasteiger partial charge in [-0.2, -0.15) is 0 Å². The lowest BCUT2D eigenvalue weighted by Gasteiger charge is -2.09. The molecule has 0 aliphatic heterocycles. The topological polar surface area (TPSA) is 92.8 Å². The van der Waals surface area contributed by atoms with E-state index in [0.29, 0.717) is 5.92 Å². The Hall–Kier alpha value is -2.43. The highest BCUT2D eigenvalue weighted by Crippen LogP contribution is 2.20. The standard InChI is InChI=1S/C10H16N2.C9H15N3.C2H6/c1-7(2)4-5-9-8(3)6-10(11)12-9;1-4-11-9-8(10)6(2)5-7(3)12-9;1-2/h4-7,12H,11H2,1-3H3;5H,4,10H2,1-3H3,(H,11,12);1-2H3/b5-4-;;. The molecule has 0 saturated carbocycles. The van der Waals surface area contributed by atoms with E-state index in [0.717, 1.165) is 40.8 Å². The summed E-state index contributed by atoms with van der Waals surface area (Å²) in [4.78, 5) is 7.38. The lowest BCUT2D eigenvalue weighted by molar-refractivity contribution is 0.836. The molecule has 5 nitrogen and oxygen atoms in total. The maximum Gasteiger partial charge on any atom is 0.149 e. The molecule has 2 aromatic rings. The number of nitrogen functional groups attached to an aromatic ring is 2. The Kier molecular flexibility index (Phi) is 10.9. The molecule has 2 heterocycles. The van der Waals surface area contributed by atoms with Crippen LogP contribution < -0.4 is 16.8 Å². The maximum atomic E-state index is 5.81. The second-order valence-electron chi connectivity index (χ2n) is 6.30. The minimum absolute atomic E-state index is 0.578. The van der Waals surface area contributed by atoms with E-state index in [1.54, 1.807) is 0 Å². The number of aryl methyl sites for hydroxylation is 3. The van der Waals surface area contributed by atoms with Crippen LogP contribution in [0.5, 0.6) is 0 Å². The minimum Gasteiger partial charge on any atom is -0.396 e. The third-order valence-corrected chi connectivity index (χ3v) is 3.46. The summed E-state index contributed by atoms with van der Waals surface area (Å²) in [6, 6.07) is 3.93. The summed E-state index contributed by atoms with van der Waals surface area (Å²) in [5.74, 6) is 2.11. The number of aromatic amines is 1. The molecule has 0 saturated heterocycles. The van der Waals surface area contributed by atoms with Gasteiger partial charge in [-0.05, 0) is 62.9 Å². The highest BCUT2D eigenvalue weighted by Gasteiger charge is 2.02. The zero-order valence-electron chi connectivity index (χ0n) is 17.7. The molecule has 5 heteroatoms. The van der Waals surface area contributed by atoms with Crippen molar-refractivity contribution in [1.82, 2.24) is 9.97 Å². The van der Waals surface area contributed by atoms with Gasteiger partial charge in [0.2, 0.25) is 0 Å². The van der Waals surface area contributed by atoms with Gasteiger partial charge in [-0.1, -0.05) is 33.8 Å². The minimum atomic E-state index is 0.578. The highest BCUT2D eigenvalue weighted by atomic mass is 15.0. The number of rotatable bonds is 4. The van der Waals surface area contributed by atoms with Gasteiger partial charge in [0.1, 0.15) is 11.6 Å². The Morgan fingerprint density at radius 3 is 2.19 bits per heavy atom. The molecule has 0 atom stereocenters. The first-order valence-electron chi connectivity index (χ1n) is 9.35. The Labute approximate surface area is 159 Å². The molecule has 2 rings (SSSR count). The van der Waals surface area contributed by atoms with Gasteiger partial charge in [-0.25, -0.2) is 4.98 Å². The fraction of sp³-hybridized carbons (Fsp3) is 0.476. The number of hydrogen-bond acceptors (Lipinski definition) is 4. The van der Waals surface area contributed by atoms with Crippen molar-refractivity contribution in [3.05, 3.63) is 40.7 Å². The van der Waals surface area contributed by atoms with Crippen molar-refractivity contribution in [2.75, 3.05) is 23.3 Å². The summed E-state index contributed by atoms with van der Waals surface area (Å²) >= 11 is 0. The number of H-pyrrole nitrogens is 1. The number of allylic oxidation sites excluding steroid dienone is 1. The number of aromatic nitrogens is 2. The number of pyridine rings is 1. The van der Waals surface area contributed by atoms with Gasteiger partial charge in [0, 0.05) is 17.9 Å². The third-order valence-electron chi connectivity index (χ3n) is 3.46. The van der Waals surface area contributed by atoms with Crippen LogP contribution in [0.4, 0.5) is 17.3 Å². The first-order chi connectivity index (χ1) is 12.2. The molecule has 0 amide bonds. The first-order valence-corrected chi connectivity index (χ1v) is 9.35. The molecule has 0 radical (unpaired) electrons. The number of hydrogen-bond donors (Lipinski definition) is 4. The average Bonchev–Trinajstić information content (AvgIpc) is 2.90. The van der Waals surface area contributed by atoms with Crippen LogP contribution >= 0.6 is 0 Å². The fourth-order valence-electron chi connectivity index (χ4n) is 2.21. The van der Waals surface area contributed by atoms with Crippen LogP contribution in [0.3, 0.4) is 0 Å². The van der Waals surface area contributed by atoms with Gasteiger partial charge in [0.25, 0.3) is 0 Å². The zero-order valence-corrected chi connectivity index (χ0v) is 17.7. The summed E-state index contributed by atoms with van der Waals surface area (Å²) in [5.41, 5.74) is 16.6. The largest absolute Gasteiger partial charge is 0.396 e. The van der Waals surface area contributed by atoms with Gasteiger partial charge in [-0.3, -0.25) is 0 Å². The van der Waals surface area contributed by atoms with E-state index >= 15 is 0 Å². The van der Waals surface area contributed by atoms with Crippen molar-refractivity contribution in [3.8, 4) is 0 Å². The molecule has 0 bridgehead atoms. The lowest BCUT2D eigenvalue weighted by Crippen LogP contribution is -2.05. The van der Waals surface area contributed by atoms with E-state index in [4.69, 9.17) is 11.5 Å². The van der Waals surface area contributed by atoms with Crippen LogP contribution in [-0.4, -0.2) is 16.5 Å². The molecule has 0 aliphatic rings.